The van der Waals surface area contributed by atoms with Gasteiger partial charge in [0.1, 0.15) is 11.0 Å². The van der Waals surface area contributed by atoms with Gasteiger partial charge in [0.25, 0.3) is 5.91 Å². The van der Waals surface area contributed by atoms with Crippen LogP contribution in [0.25, 0.3) is 0 Å². The fourth-order valence-electron chi connectivity index (χ4n) is 3.56. The van der Waals surface area contributed by atoms with E-state index >= 15 is 0 Å². The fraction of sp³-hybridized carbons (Fsp3) is 0.273. The molecule has 7 heteroatoms. The number of carbonyl (C=O) groups is 1. The van der Waals surface area contributed by atoms with Crippen LogP contribution in [-0.4, -0.2) is 22.2 Å². The lowest BCUT2D eigenvalue weighted by atomic mass is 9.96. The first kappa shape index (κ1) is 19.9. The molecule has 1 fully saturated rings. The number of amides is 1. The van der Waals surface area contributed by atoms with Crippen LogP contribution in [-0.2, 0) is 12.0 Å². The molecule has 0 spiro atoms. The van der Waals surface area contributed by atoms with E-state index < -0.39 is 0 Å². The largest absolute Gasteiger partial charge is 0.351 e. The molecule has 150 valence electrons. The molecule has 0 saturated heterocycles. The van der Waals surface area contributed by atoms with Gasteiger partial charge in [-0.1, -0.05) is 53.5 Å². The predicted octanol–water partition coefficient (Wildman–Crippen LogP) is 5.15. The Morgan fingerprint density at radius 1 is 1.17 bits per heavy atom. The molecule has 0 atom stereocenters. The van der Waals surface area contributed by atoms with Crippen molar-refractivity contribution in [3.8, 4) is 0 Å². The zero-order valence-corrected chi connectivity index (χ0v) is 17.4. The maximum atomic E-state index is 13.2. The van der Waals surface area contributed by atoms with Gasteiger partial charge in [-0.15, -0.1) is 0 Å². The molecule has 0 unspecified atom stereocenters. The van der Waals surface area contributed by atoms with E-state index in [1.165, 1.54) is 12.1 Å². The molecule has 1 aliphatic carbocycles. The Morgan fingerprint density at radius 2 is 1.86 bits per heavy atom. The van der Waals surface area contributed by atoms with E-state index in [-0.39, 0.29) is 22.3 Å². The zero-order chi connectivity index (χ0) is 20.6. The van der Waals surface area contributed by atoms with Crippen LogP contribution in [0, 0.1) is 12.7 Å². The molecule has 3 aromatic rings. The minimum Gasteiger partial charge on any atom is -0.351 e. The Hall–Kier alpha value is -2.37. The molecule has 2 aromatic carbocycles. The average Bonchev–Trinajstić information content (AvgIpc) is 3.43. The summed E-state index contributed by atoms with van der Waals surface area (Å²) in [5.41, 5.74) is 2.71. The van der Waals surface area contributed by atoms with Crippen LogP contribution in [0.4, 0.5) is 4.39 Å². The first-order chi connectivity index (χ1) is 13.9. The highest BCUT2D eigenvalue weighted by Gasteiger charge is 2.44. The Labute approximate surface area is 178 Å². The van der Waals surface area contributed by atoms with E-state index in [4.69, 9.17) is 23.2 Å². The lowest BCUT2D eigenvalue weighted by Crippen LogP contribution is -2.32. The van der Waals surface area contributed by atoms with E-state index in [1.807, 2.05) is 18.2 Å². The smallest absolute Gasteiger partial charge is 0.256 e. The number of halogens is 3. The third-order valence-electron chi connectivity index (χ3n) is 5.47. The number of benzene rings is 2. The van der Waals surface area contributed by atoms with Gasteiger partial charge in [0, 0.05) is 17.0 Å². The number of aryl methyl sites for hydroxylation is 1. The summed E-state index contributed by atoms with van der Waals surface area (Å²) >= 11 is 12.7. The number of carbonyl (C=O) groups excluding carboxylic acids is 1. The monoisotopic (exact) mass is 431 g/mol. The van der Waals surface area contributed by atoms with Crippen molar-refractivity contribution in [2.75, 3.05) is 6.54 Å². The third-order valence-corrected chi connectivity index (χ3v) is 6.22. The van der Waals surface area contributed by atoms with Crippen LogP contribution in [0.5, 0.6) is 0 Å². The summed E-state index contributed by atoms with van der Waals surface area (Å²) in [6, 6.07) is 13.9. The second-order valence-electron chi connectivity index (χ2n) is 7.47. The van der Waals surface area contributed by atoms with Gasteiger partial charge in [0.05, 0.1) is 17.8 Å². The van der Waals surface area contributed by atoms with Gasteiger partial charge in [-0.05, 0) is 49.1 Å². The summed E-state index contributed by atoms with van der Waals surface area (Å²) in [7, 11) is 0. The van der Waals surface area contributed by atoms with Crippen molar-refractivity contribution in [1.29, 1.82) is 0 Å². The standard InChI is InChI=1S/C22H20Cl2FN3O/c1-14-19(20(24)28(27-14)12-15-4-2-3-5-18(15)23)21(29)26-13-22(10-11-22)16-6-8-17(25)9-7-16/h2-9H,10-13H2,1H3,(H,26,29). The van der Waals surface area contributed by atoms with Crippen molar-refractivity contribution in [3.63, 3.8) is 0 Å². The molecule has 0 radical (unpaired) electrons. The molecule has 1 saturated carbocycles. The van der Waals surface area contributed by atoms with Gasteiger partial charge in [-0.25, -0.2) is 9.07 Å². The zero-order valence-electron chi connectivity index (χ0n) is 15.9. The molecule has 29 heavy (non-hydrogen) atoms. The van der Waals surface area contributed by atoms with E-state index in [0.717, 1.165) is 24.0 Å². The molecule has 1 N–H and O–H groups in total. The number of nitrogens with zero attached hydrogens (tertiary/aromatic N) is 2. The summed E-state index contributed by atoms with van der Waals surface area (Å²) in [5, 5.41) is 8.31. The van der Waals surface area contributed by atoms with Gasteiger partial charge in [-0.3, -0.25) is 4.79 Å². The first-order valence-electron chi connectivity index (χ1n) is 9.40. The highest BCUT2D eigenvalue weighted by Crippen LogP contribution is 2.47. The molecule has 1 aromatic heterocycles. The maximum Gasteiger partial charge on any atom is 0.256 e. The van der Waals surface area contributed by atoms with Gasteiger partial charge in [-0.2, -0.15) is 5.10 Å². The number of nitrogens with one attached hydrogen (secondary N) is 1. The summed E-state index contributed by atoms with van der Waals surface area (Å²) in [5.74, 6) is -0.520. The minimum atomic E-state index is -0.262. The van der Waals surface area contributed by atoms with Crippen molar-refractivity contribution in [1.82, 2.24) is 15.1 Å². The Morgan fingerprint density at radius 3 is 2.52 bits per heavy atom. The quantitative estimate of drug-likeness (QED) is 0.586. The lowest BCUT2D eigenvalue weighted by molar-refractivity contribution is 0.0949. The average molecular weight is 432 g/mol. The van der Waals surface area contributed by atoms with Gasteiger partial charge in [0.2, 0.25) is 0 Å². The Balaban J connectivity index is 1.49. The number of hydrogen-bond acceptors (Lipinski definition) is 2. The van der Waals surface area contributed by atoms with Gasteiger partial charge in [0.15, 0.2) is 0 Å². The summed E-state index contributed by atoms with van der Waals surface area (Å²) in [4.78, 5) is 12.8. The lowest BCUT2D eigenvalue weighted by Gasteiger charge is -2.16. The predicted molar refractivity (Wildman–Crippen MR) is 112 cm³/mol. The number of aromatic nitrogens is 2. The summed E-state index contributed by atoms with van der Waals surface area (Å²) in [6.45, 7) is 2.62. The Bertz CT molecular complexity index is 1060. The van der Waals surface area contributed by atoms with E-state index in [1.54, 1.807) is 29.8 Å². The molecule has 1 aliphatic rings. The topological polar surface area (TPSA) is 46.9 Å². The Kier molecular flexibility index (Phi) is 5.36. The van der Waals surface area contributed by atoms with Crippen LogP contribution in [0.3, 0.4) is 0 Å². The molecule has 1 heterocycles. The van der Waals surface area contributed by atoms with Gasteiger partial charge < -0.3 is 5.32 Å². The van der Waals surface area contributed by atoms with Crippen molar-refractivity contribution in [3.05, 3.63) is 86.9 Å². The fourth-order valence-corrected chi connectivity index (χ4v) is 4.08. The highest BCUT2D eigenvalue weighted by atomic mass is 35.5. The van der Waals surface area contributed by atoms with Crippen LogP contribution < -0.4 is 5.32 Å². The number of rotatable bonds is 6. The van der Waals surface area contributed by atoms with E-state index in [2.05, 4.69) is 10.4 Å². The number of hydrogen-bond donors (Lipinski definition) is 1. The molecular formula is C22H20Cl2FN3O. The molecule has 4 nitrogen and oxygen atoms in total. The molecule has 0 aliphatic heterocycles. The second kappa shape index (κ2) is 7.81. The van der Waals surface area contributed by atoms with E-state index in [0.29, 0.717) is 29.4 Å². The van der Waals surface area contributed by atoms with Crippen LogP contribution in [0.1, 0.15) is 40.0 Å². The van der Waals surface area contributed by atoms with Crippen molar-refractivity contribution in [2.24, 2.45) is 0 Å². The van der Waals surface area contributed by atoms with E-state index in [9.17, 15) is 9.18 Å². The maximum absolute atomic E-state index is 13.2. The summed E-state index contributed by atoms with van der Waals surface area (Å²) in [6.07, 6.45) is 1.91. The van der Waals surface area contributed by atoms with Crippen LogP contribution >= 0.6 is 23.2 Å². The first-order valence-corrected chi connectivity index (χ1v) is 10.2. The minimum absolute atomic E-state index is 0.128. The van der Waals surface area contributed by atoms with Crippen molar-refractivity contribution < 1.29 is 9.18 Å². The second-order valence-corrected chi connectivity index (χ2v) is 8.24. The SMILES string of the molecule is Cc1nn(Cc2ccccc2Cl)c(Cl)c1C(=O)NCC1(c2ccc(F)cc2)CC1. The normalized spacial score (nSPS) is 14.6. The molecule has 1 amide bonds. The third kappa shape index (κ3) is 4.02. The van der Waals surface area contributed by atoms with Crippen LogP contribution in [0.2, 0.25) is 10.2 Å². The van der Waals surface area contributed by atoms with Crippen molar-refractivity contribution in [2.45, 2.75) is 31.7 Å². The van der Waals surface area contributed by atoms with Gasteiger partial charge >= 0.3 is 0 Å². The van der Waals surface area contributed by atoms with Crippen molar-refractivity contribution >= 4 is 29.1 Å². The summed E-state index contributed by atoms with van der Waals surface area (Å²) < 4.78 is 14.8. The molecular weight excluding hydrogens is 412 g/mol. The highest BCUT2D eigenvalue weighted by molar-refractivity contribution is 6.33. The molecule has 0 bridgehead atoms. The van der Waals surface area contributed by atoms with Crippen LogP contribution in [0.15, 0.2) is 48.5 Å². The molecule has 4 rings (SSSR count).